The second-order valence-electron chi connectivity index (χ2n) is 12.1. The van der Waals surface area contributed by atoms with Crippen LogP contribution >= 0.6 is 0 Å². The van der Waals surface area contributed by atoms with E-state index < -0.39 is 18.3 Å². The van der Waals surface area contributed by atoms with E-state index in [-0.39, 0.29) is 0 Å². The molecule has 0 unspecified atom stereocenters. The lowest BCUT2D eigenvalue weighted by Gasteiger charge is -2.32. The molecule has 0 aliphatic carbocycles. The summed E-state index contributed by atoms with van der Waals surface area (Å²) in [5, 5.41) is 4.99. The fourth-order valence-electron chi connectivity index (χ4n) is 5.86. The molecule has 0 N–H and O–H groups in total. The molecule has 1 aliphatic rings. The van der Waals surface area contributed by atoms with Gasteiger partial charge in [0, 0.05) is 0 Å². The first kappa shape index (κ1) is 25.8. The summed E-state index contributed by atoms with van der Waals surface area (Å²) in [5.74, 6) is 0. The Kier molecular flexibility index (Phi) is 6.12. The van der Waals surface area contributed by atoms with Crippen molar-refractivity contribution in [1.82, 2.24) is 0 Å². The monoisotopic (exact) mass is 532 g/mol. The smallest absolute Gasteiger partial charge is 0.399 e. The Hall–Kier alpha value is -4.18. The maximum absolute atomic E-state index is 6.54. The van der Waals surface area contributed by atoms with E-state index in [0.29, 0.717) is 0 Å². The highest BCUT2D eigenvalue weighted by Gasteiger charge is 2.52. The summed E-state index contributed by atoms with van der Waals surface area (Å²) in [4.78, 5) is 0. The van der Waals surface area contributed by atoms with Crippen molar-refractivity contribution in [3.8, 4) is 33.4 Å². The fourth-order valence-corrected chi connectivity index (χ4v) is 5.86. The highest BCUT2D eigenvalue weighted by Crippen LogP contribution is 2.38. The average molecular weight is 532 g/mol. The number of benzene rings is 6. The number of rotatable bonds is 4. The Morgan fingerprint density at radius 2 is 1.02 bits per heavy atom. The largest absolute Gasteiger partial charge is 0.495 e. The molecule has 1 heterocycles. The molecule has 6 aromatic carbocycles. The van der Waals surface area contributed by atoms with Gasteiger partial charge < -0.3 is 9.31 Å². The first-order valence-electron chi connectivity index (χ1n) is 14.4. The summed E-state index contributed by atoms with van der Waals surface area (Å²) in [5.41, 5.74) is 7.34. The third kappa shape index (κ3) is 4.56. The van der Waals surface area contributed by atoms with Crippen LogP contribution in [0, 0.1) is 0 Å². The molecule has 1 fully saturated rings. The highest BCUT2D eigenvalue weighted by atomic mass is 16.7. The van der Waals surface area contributed by atoms with E-state index in [4.69, 9.17) is 9.31 Å². The first-order valence-corrected chi connectivity index (χ1v) is 14.4. The van der Waals surface area contributed by atoms with E-state index >= 15 is 0 Å². The zero-order valence-corrected chi connectivity index (χ0v) is 24.0. The molecular formula is C38H33BO2. The number of hydrogen-bond donors (Lipinski definition) is 0. The number of fused-ring (bicyclic) bond motifs is 2. The molecule has 3 heteroatoms. The second kappa shape index (κ2) is 9.73. The van der Waals surface area contributed by atoms with Crippen LogP contribution in [0.1, 0.15) is 27.7 Å². The summed E-state index contributed by atoms with van der Waals surface area (Å²) >= 11 is 0. The lowest BCUT2D eigenvalue weighted by atomic mass is 9.73. The molecule has 6 aromatic rings. The molecule has 0 amide bonds. The van der Waals surface area contributed by atoms with Crippen molar-refractivity contribution in [2.45, 2.75) is 38.9 Å². The SMILES string of the molecule is CC1(C)OB(c2cc(-c3ccc4cc(-c5cccc6ccccc56)ccc4c3)ccc2-c2ccccc2)OC1(C)C. The molecule has 0 atom stereocenters. The summed E-state index contributed by atoms with van der Waals surface area (Å²) in [6.45, 7) is 8.42. The van der Waals surface area contributed by atoms with Crippen LogP contribution in [0.25, 0.3) is 54.9 Å². The van der Waals surface area contributed by atoms with E-state index in [9.17, 15) is 0 Å². The van der Waals surface area contributed by atoms with E-state index in [1.165, 1.54) is 38.2 Å². The van der Waals surface area contributed by atoms with Crippen LogP contribution in [-0.2, 0) is 9.31 Å². The molecule has 41 heavy (non-hydrogen) atoms. The van der Waals surface area contributed by atoms with Crippen molar-refractivity contribution < 1.29 is 9.31 Å². The Labute approximate surface area is 242 Å². The predicted octanol–water partition coefficient (Wildman–Crippen LogP) is 9.29. The Morgan fingerprint density at radius 3 is 1.78 bits per heavy atom. The summed E-state index contributed by atoms with van der Waals surface area (Å²) in [7, 11) is -0.445. The topological polar surface area (TPSA) is 18.5 Å². The van der Waals surface area contributed by atoms with Gasteiger partial charge in [-0.15, -0.1) is 0 Å². The second-order valence-corrected chi connectivity index (χ2v) is 12.1. The van der Waals surface area contributed by atoms with Gasteiger partial charge in [-0.1, -0.05) is 115 Å². The molecule has 0 spiro atoms. The minimum atomic E-state index is -0.445. The zero-order chi connectivity index (χ0) is 28.2. The zero-order valence-electron chi connectivity index (χ0n) is 24.0. The van der Waals surface area contributed by atoms with Crippen LogP contribution in [0.4, 0.5) is 0 Å². The van der Waals surface area contributed by atoms with Crippen molar-refractivity contribution in [2.75, 3.05) is 0 Å². The van der Waals surface area contributed by atoms with Crippen LogP contribution in [0.2, 0.25) is 0 Å². The third-order valence-corrected chi connectivity index (χ3v) is 8.92. The maximum atomic E-state index is 6.54. The molecule has 7 rings (SSSR count). The lowest BCUT2D eigenvalue weighted by molar-refractivity contribution is 0.00578. The van der Waals surface area contributed by atoms with E-state index in [1.54, 1.807) is 0 Å². The van der Waals surface area contributed by atoms with E-state index in [1.807, 2.05) is 6.07 Å². The van der Waals surface area contributed by atoms with Crippen molar-refractivity contribution in [3.63, 3.8) is 0 Å². The van der Waals surface area contributed by atoms with E-state index in [0.717, 1.165) is 22.2 Å². The standard InChI is InChI=1S/C38H33BO2/c1-37(2)38(3,4)41-39(40-37)36-25-31(21-22-35(36)27-11-6-5-7-12-27)29-17-18-30-24-32(20-19-28(30)23-29)34-16-10-14-26-13-8-9-15-33(26)34/h5-25H,1-4H3. The molecule has 200 valence electrons. The van der Waals surface area contributed by atoms with Crippen LogP contribution in [0.3, 0.4) is 0 Å². The first-order chi connectivity index (χ1) is 19.8. The predicted molar refractivity (Wildman–Crippen MR) is 173 cm³/mol. The van der Waals surface area contributed by atoms with Gasteiger partial charge in [-0.05, 0) is 100 Å². The Balaban J connectivity index is 1.30. The van der Waals surface area contributed by atoms with Crippen LogP contribution in [0.15, 0.2) is 127 Å². The van der Waals surface area contributed by atoms with Gasteiger partial charge >= 0.3 is 7.12 Å². The molecule has 0 radical (unpaired) electrons. The molecule has 1 aliphatic heterocycles. The van der Waals surface area contributed by atoms with Gasteiger partial charge in [0.2, 0.25) is 0 Å². The van der Waals surface area contributed by atoms with Crippen molar-refractivity contribution in [3.05, 3.63) is 127 Å². The molecule has 0 aromatic heterocycles. The fraction of sp³-hybridized carbons (Fsp3) is 0.158. The molecule has 0 bridgehead atoms. The van der Waals surface area contributed by atoms with E-state index in [2.05, 4.69) is 149 Å². The Morgan fingerprint density at radius 1 is 0.439 bits per heavy atom. The average Bonchev–Trinajstić information content (AvgIpc) is 3.22. The lowest BCUT2D eigenvalue weighted by Crippen LogP contribution is -2.41. The van der Waals surface area contributed by atoms with Crippen molar-refractivity contribution in [1.29, 1.82) is 0 Å². The molecule has 2 nitrogen and oxygen atoms in total. The summed E-state index contributed by atoms with van der Waals surface area (Å²) < 4.78 is 13.1. The maximum Gasteiger partial charge on any atom is 0.495 e. The van der Waals surface area contributed by atoms with Gasteiger partial charge in [-0.25, -0.2) is 0 Å². The van der Waals surface area contributed by atoms with Gasteiger partial charge in [0.25, 0.3) is 0 Å². The minimum absolute atomic E-state index is 0.410. The van der Waals surface area contributed by atoms with Gasteiger partial charge in [-0.3, -0.25) is 0 Å². The minimum Gasteiger partial charge on any atom is -0.399 e. The van der Waals surface area contributed by atoms with Crippen molar-refractivity contribution in [2.24, 2.45) is 0 Å². The van der Waals surface area contributed by atoms with Crippen molar-refractivity contribution >= 4 is 34.1 Å². The highest BCUT2D eigenvalue weighted by molar-refractivity contribution is 6.64. The normalized spacial score (nSPS) is 16.0. The number of hydrogen-bond acceptors (Lipinski definition) is 2. The van der Waals surface area contributed by atoms with Crippen LogP contribution < -0.4 is 5.46 Å². The van der Waals surface area contributed by atoms with Gasteiger partial charge in [0.1, 0.15) is 0 Å². The summed E-state index contributed by atoms with van der Waals surface area (Å²) in [6, 6.07) is 45.8. The van der Waals surface area contributed by atoms with Crippen LogP contribution in [0.5, 0.6) is 0 Å². The van der Waals surface area contributed by atoms with Gasteiger partial charge in [0.15, 0.2) is 0 Å². The van der Waals surface area contributed by atoms with Gasteiger partial charge in [-0.2, -0.15) is 0 Å². The summed E-state index contributed by atoms with van der Waals surface area (Å²) in [6.07, 6.45) is 0. The molecule has 1 saturated heterocycles. The third-order valence-electron chi connectivity index (χ3n) is 8.92. The quantitative estimate of drug-likeness (QED) is 0.211. The Bertz CT molecular complexity index is 1880. The molecule has 0 saturated carbocycles. The van der Waals surface area contributed by atoms with Gasteiger partial charge in [0.05, 0.1) is 11.2 Å². The van der Waals surface area contributed by atoms with Crippen LogP contribution in [-0.4, -0.2) is 18.3 Å². The molecular weight excluding hydrogens is 499 g/mol.